The topological polar surface area (TPSA) is 69.6 Å². The molecule has 0 unspecified atom stereocenters. The van der Waals surface area contributed by atoms with Crippen LogP contribution in [0.1, 0.15) is 0 Å². The van der Waals surface area contributed by atoms with Crippen LogP contribution in [0.5, 0.6) is 0 Å². The predicted molar refractivity (Wildman–Crippen MR) is 41.5 cm³/mol. The number of hydrogen-bond donors (Lipinski definition) is 2. The lowest BCUT2D eigenvalue weighted by molar-refractivity contribution is -0.184. The minimum Gasteiger partial charge on any atom is -0.477 e. The Bertz CT molecular complexity index is 324. The summed E-state index contributed by atoms with van der Waals surface area (Å²) in [6.07, 6.45) is -4.19. The van der Waals surface area contributed by atoms with Crippen molar-refractivity contribution >= 4 is 11.9 Å². The molecule has 1 aliphatic heterocycles. The summed E-state index contributed by atoms with van der Waals surface area (Å²) in [7, 11) is 0. The SMILES string of the molecule is O=C(O)C1=CNCCN1C(=O)C(F)(F)F. The van der Waals surface area contributed by atoms with Crippen LogP contribution in [0.2, 0.25) is 0 Å². The molecule has 0 bridgehead atoms. The Labute approximate surface area is 82.2 Å². The summed E-state index contributed by atoms with van der Waals surface area (Å²) in [6.45, 7) is -0.241. The first kappa shape index (κ1) is 11.3. The molecule has 0 fully saturated rings. The Hall–Kier alpha value is -1.73. The number of aliphatic carboxylic acids is 1. The smallest absolute Gasteiger partial charge is 0.471 e. The Kier molecular flexibility index (Phi) is 2.87. The molecule has 8 heteroatoms. The fraction of sp³-hybridized carbons (Fsp3) is 0.429. The maximum absolute atomic E-state index is 12.0. The number of carboxylic acid groups (broad SMARTS) is 1. The lowest BCUT2D eigenvalue weighted by Gasteiger charge is -2.27. The van der Waals surface area contributed by atoms with Gasteiger partial charge in [0.2, 0.25) is 0 Å². The van der Waals surface area contributed by atoms with Crippen LogP contribution in [-0.4, -0.2) is 41.1 Å². The highest BCUT2D eigenvalue weighted by atomic mass is 19.4. The quantitative estimate of drug-likeness (QED) is 0.652. The van der Waals surface area contributed by atoms with Gasteiger partial charge in [-0.25, -0.2) is 4.79 Å². The number of rotatable bonds is 1. The van der Waals surface area contributed by atoms with Gasteiger partial charge >= 0.3 is 18.1 Å². The molecule has 15 heavy (non-hydrogen) atoms. The number of alkyl halides is 3. The van der Waals surface area contributed by atoms with E-state index in [4.69, 9.17) is 5.11 Å². The number of carbonyl (C=O) groups is 2. The first-order valence-electron chi connectivity index (χ1n) is 3.89. The van der Waals surface area contributed by atoms with E-state index in [1.54, 1.807) is 0 Å². The van der Waals surface area contributed by atoms with Gasteiger partial charge in [-0.2, -0.15) is 13.2 Å². The summed E-state index contributed by atoms with van der Waals surface area (Å²) in [6, 6.07) is 0. The first-order chi connectivity index (χ1) is 6.84. The number of carbonyl (C=O) groups excluding carboxylic acids is 1. The third-order valence-electron chi connectivity index (χ3n) is 1.72. The van der Waals surface area contributed by atoms with Crippen molar-refractivity contribution in [3.8, 4) is 0 Å². The molecule has 1 amide bonds. The Morgan fingerprint density at radius 2 is 2.07 bits per heavy atom. The molecule has 0 aromatic rings. The second-order valence-electron chi connectivity index (χ2n) is 2.74. The van der Waals surface area contributed by atoms with E-state index in [1.807, 2.05) is 0 Å². The first-order valence-corrected chi connectivity index (χ1v) is 3.89. The zero-order chi connectivity index (χ0) is 11.6. The largest absolute Gasteiger partial charge is 0.477 e. The van der Waals surface area contributed by atoms with Crippen molar-refractivity contribution in [3.63, 3.8) is 0 Å². The van der Waals surface area contributed by atoms with Crippen molar-refractivity contribution in [1.82, 2.24) is 10.2 Å². The molecule has 1 aliphatic rings. The standard InChI is InChI=1S/C7H7F3N2O3/c8-7(9,10)6(15)12-2-1-11-3-4(12)5(13)14/h3,11H,1-2H2,(H,13,14). The van der Waals surface area contributed by atoms with Gasteiger partial charge < -0.3 is 10.4 Å². The van der Waals surface area contributed by atoms with Gasteiger partial charge in [-0.15, -0.1) is 0 Å². The molecule has 1 rings (SSSR count). The zero-order valence-corrected chi connectivity index (χ0v) is 7.34. The van der Waals surface area contributed by atoms with E-state index in [1.165, 1.54) is 0 Å². The molecule has 0 saturated carbocycles. The van der Waals surface area contributed by atoms with Crippen molar-refractivity contribution in [3.05, 3.63) is 11.9 Å². The molecule has 0 aromatic carbocycles. The maximum atomic E-state index is 12.0. The van der Waals surface area contributed by atoms with Crippen LogP contribution in [0.4, 0.5) is 13.2 Å². The van der Waals surface area contributed by atoms with Gasteiger partial charge in [-0.05, 0) is 0 Å². The number of nitrogens with one attached hydrogen (secondary N) is 1. The van der Waals surface area contributed by atoms with E-state index in [9.17, 15) is 22.8 Å². The molecule has 2 N–H and O–H groups in total. The van der Waals surface area contributed by atoms with Gasteiger partial charge in [0.15, 0.2) is 0 Å². The molecule has 5 nitrogen and oxygen atoms in total. The number of nitrogens with zero attached hydrogens (tertiary/aromatic N) is 1. The molecular weight excluding hydrogens is 217 g/mol. The molecule has 1 heterocycles. The van der Waals surface area contributed by atoms with E-state index >= 15 is 0 Å². The summed E-state index contributed by atoms with van der Waals surface area (Å²) in [5.41, 5.74) is -0.705. The van der Waals surface area contributed by atoms with Gasteiger partial charge in [0, 0.05) is 19.3 Å². The minimum absolute atomic E-state index is 0.0819. The molecule has 0 atom stereocenters. The number of hydrogen-bond acceptors (Lipinski definition) is 3. The Morgan fingerprint density at radius 3 is 2.53 bits per heavy atom. The average Bonchev–Trinajstić information content (AvgIpc) is 2.15. The lowest BCUT2D eigenvalue weighted by atomic mass is 10.3. The highest BCUT2D eigenvalue weighted by Gasteiger charge is 2.45. The van der Waals surface area contributed by atoms with Crippen molar-refractivity contribution in [2.45, 2.75) is 6.18 Å². The van der Waals surface area contributed by atoms with Crippen LogP contribution < -0.4 is 5.32 Å². The molecule has 0 radical (unpaired) electrons. The van der Waals surface area contributed by atoms with Crippen molar-refractivity contribution in [1.29, 1.82) is 0 Å². The molecular formula is C7H7F3N2O3. The summed E-state index contributed by atoms with van der Waals surface area (Å²) >= 11 is 0. The molecule has 0 aliphatic carbocycles. The van der Waals surface area contributed by atoms with E-state index < -0.39 is 23.7 Å². The summed E-state index contributed by atoms with van der Waals surface area (Å²) in [5.74, 6) is -3.75. The molecule has 0 aromatic heterocycles. The van der Waals surface area contributed by atoms with Crippen LogP contribution in [0.25, 0.3) is 0 Å². The van der Waals surface area contributed by atoms with Gasteiger partial charge in [-0.3, -0.25) is 9.69 Å². The molecule has 84 valence electrons. The van der Waals surface area contributed by atoms with Crippen molar-refractivity contribution < 1.29 is 27.9 Å². The van der Waals surface area contributed by atoms with Crippen LogP contribution in [-0.2, 0) is 9.59 Å². The molecule has 0 saturated heterocycles. The fourth-order valence-corrected chi connectivity index (χ4v) is 1.08. The van der Waals surface area contributed by atoms with E-state index in [0.29, 0.717) is 0 Å². The second kappa shape index (κ2) is 3.79. The highest BCUT2D eigenvalue weighted by Crippen LogP contribution is 2.21. The third kappa shape index (κ3) is 2.39. The lowest BCUT2D eigenvalue weighted by Crippen LogP contribution is -2.47. The fourth-order valence-electron chi connectivity index (χ4n) is 1.08. The van der Waals surface area contributed by atoms with E-state index in [2.05, 4.69) is 5.32 Å². The van der Waals surface area contributed by atoms with E-state index in [0.717, 1.165) is 6.20 Å². The highest BCUT2D eigenvalue weighted by molar-refractivity contribution is 5.94. The summed E-state index contributed by atoms with van der Waals surface area (Å²) in [4.78, 5) is 21.5. The minimum atomic E-state index is -5.06. The van der Waals surface area contributed by atoms with Crippen molar-refractivity contribution in [2.75, 3.05) is 13.1 Å². The van der Waals surface area contributed by atoms with Gasteiger partial charge in [0.1, 0.15) is 5.70 Å². The maximum Gasteiger partial charge on any atom is 0.471 e. The van der Waals surface area contributed by atoms with Gasteiger partial charge in [-0.1, -0.05) is 0 Å². The third-order valence-corrected chi connectivity index (χ3v) is 1.72. The number of carboxylic acids is 1. The summed E-state index contributed by atoms with van der Waals surface area (Å²) < 4.78 is 36.1. The number of halogens is 3. The van der Waals surface area contributed by atoms with Gasteiger partial charge in [0.25, 0.3) is 0 Å². The van der Waals surface area contributed by atoms with Crippen molar-refractivity contribution in [2.24, 2.45) is 0 Å². The second-order valence-corrected chi connectivity index (χ2v) is 2.74. The predicted octanol–water partition coefficient (Wildman–Crippen LogP) is -0.0935. The van der Waals surface area contributed by atoms with Crippen LogP contribution in [0, 0.1) is 0 Å². The van der Waals surface area contributed by atoms with Crippen LogP contribution in [0.3, 0.4) is 0 Å². The number of amides is 1. The summed E-state index contributed by atoms with van der Waals surface area (Å²) in [5, 5.41) is 11.0. The zero-order valence-electron chi connectivity index (χ0n) is 7.34. The molecule has 0 spiro atoms. The van der Waals surface area contributed by atoms with Crippen LogP contribution >= 0.6 is 0 Å². The monoisotopic (exact) mass is 224 g/mol. The van der Waals surface area contributed by atoms with Gasteiger partial charge in [0.05, 0.1) is 0 Å². The average molecular weight is 224 g/mol. The normalized spacial score (nSPS) is 16.7. The van der Waals surface area contributed by atoms with Crippen LogP contribution in [0.15, 0.2) is 11.9 Å². The Morgan fingerprint density at radius 1 is 1.47 bits per heavy atom. The van der Waals surface area contributed by atoms with E-state index in [-0.39, 0.29) is 18.0 Å². The Balaban J connectivity index is 2.94.